The Morgan fingerprint density at radius 3 is 2.36 bits per heavy atom. The fraction of sp³-hybridized carbons (Fsp3) is 0.636. The summed E-state index contributed by atoms with van der Waals surface area (Å²) >= 11 is 0. The molecule has 78 valence electrons. The lowest BCUT2D eigenvalue weighted by molar-refractivity contribution is 0.527. The lowest BCUT2D eigenvalue weighted by Crippen LogP contribution is -2.26. The van der Waals surface area contributed by atoms with Crippen molar-refractivity contribution in [1.29, 1.82) is 0 Å². The minimum atomic E-state index is -0.173. The van der Waals surface area contributed by atoms with Gasteiger partial charge >= 0.3 is 5.69 Å². The highest BCUT2D eigenvalue weighted by Crippen LogP contribution is 2.20. The summed E-state index contributed by atoms with van der Waals surface area (Å²) in [7, 11) is 0. The molecule has 0 N–H and O–H groups in total. The molecule has 0 fully saturated rings. The third-order valence-corrected chi connectivity index (χ3v) is 2.24. The molecule has 14 heavy (non-hydrogen) atoms. The summed E-state index contributed by atoms with van der Waals surface area (Å²) in [6.45, 7) is 10.3. The van der Waals surface area contributed by atoms with Gasteiger partial charge in [0.2, 0.25) is 0 Å². The Bertz CT molecular complexity index is 372. The highest BCUT2D eigenvalue weighted by Gasteiger charge is 2.15. The molecule has 0 bridgehead atoms. The zero-order chi connectivity index (χ0) is 10.9. The van der Waals surface area contributed by atoms with E-state index >= 15 is 0 Å². The number of nitrogens with zero attached hydrogens (tertiary/aromatic N) is 2. The van der Waals surface area contributed by atoms with Crippen LogP contribution in [0.15, 0.2) is 17.2 Å². The van der Waals surface area contributed by atoms with Crippen LogP contribution in [-0.2, 0) is 5.41 Å². The number of hydrogen-bond donors (Lipinski definition) is 0. The fourth-order valence-electron chi connectivity index (χ4n) is 1.19. The van der Waals surface area contributed by atoms with E-state index in [0.717, 1.165) is 5.56 Å². The van der Waals surface area contributed by atoms with E-state index in [1.807, 2.05) is 20.0 Å². The average Bonchev–Trinajstić information content (AvgIpc) is 2.02. The van der Waals surface area contributed by atoms with E-state index in [1.54, 1.807) is 10.8 Å². The second-order valence-corrected chi connectivity index (χ2v) is 4.88. The molecule has 3 nitrogen and oxygen atoms in total. The maximum Gasteiger partial charge on any atom is 0.347 e. The number of aromatic nitrogens is 2. The lowest BCUT2D eigenvalue weighted by atomic mass is 9.89. The van der Waals surface area contributed by atoms with Gasteiger partial charge < -0.3 is 0 Å². The van der Waals surface area contributed by atoms with Crippen LogP contribution in [0.25, 0.3) is 0 Å². The second-order valence-electron chi connectivity index (χ2n) is 4.88. The predicted octanol–water partition coefficient (Wildman–Crippen LogP) is 2.12. The minimum Gasteiger partial charge on any atom is -0.296 e. The Hall–Kier alpha value is -1.12. The molecular formula is C11H18N2O. The van der Waals surface area contributed by atoms with Crippen molar-refractivity contribution in [1.82, 2.24) is 9.55 Å². The largest absolute Gasteiger partial charge is 0.347 e. The predicted molar refractivity (Wildman–Crippen MR) is 57.6 cm³/mol. The molecule has 0 atom stereocenters. The standard InChI is InChI=1S/C11H18N2O/c1-8(2)13-7-9(11(3,4)5)6-12-10(13)14/h6-8H,1-5H3. The number of hydrogen-bond acceptors (Lipinski definition) is 2. The lowest BCUT2D eigenvalue weighted by Gasteiger charge is -2.20. The van der Waals surface area contributed by atoms with Crippen molar-refractivity contribution >= 4 is 0 Å². The highest BCUT2D eigenvalue weighted by atomic mass is 16.1. The maximum absolute atomic E-state index is 11.4. The van der Waals surface area contributed by atoms with Gasteiger partial charge in [0, 0.05) is 18.4 Å². The second kappa shape index (κ2) is 3.56. The van der Waals surface area contributed by atoms with Gasteiger partial charge in [0.15, 0.2) is 0 Å². The van der Waals surface area contributed by atoms with Crippen LogP contribution < -0.4 is 5.69 Å². The van der Waals surface area contributed by atoms with Crippen LogP contribution >= 0.6 is 0 Å². The Morgan fingerprint density at radius 1 is 1.36 bits per heavy atom. The molecule has 0 spiro atoms. The van der Waals surface area contributed by atoms with Gasteiger partial charge in [-0.25, -0.2) is 9.78 Å². The van der Waals surface area contributed by atoms with Gasteiger partial charge in [-0.15, -0.1) is 0 Å². The Balaban J connectivity index is 3.27. The van der Waals surface area contributed by atoms with E-state index in [0.29, 0.717) is 0 Å². The zero-order valence-corrected chi connectivity index (χ0v) is 9.53. The Labute approximate surface area is 84.8 Å². The van der Waals surface area contributed by atoms with Crippen LogP contribution in [0.2, 0.25) is 0 Å². The van der Waals surface area contributed by atoms with Crippen molar-refractivity contribution in [3.63, 3.8) is 0 Å². The average molecular weight is 194 g/mol. The molecule has 1 heterocycles. The van der Waals surface area contributed by atoms with E-state index in [4.69, 9.17) is 0 Å². The van der Waals surface area contributed by atoms with Gasteiger partial charge in [-0.05, 0) is 24.8 Å². The molecule has 0 saturated heterocycles. The van der Waals surface area contributed by atoms with Crippen molar-refractivity contribution in [2.24, 2.45) is 0 Å². The fourth-order valence-corrected chi connectivity index (χ4v) is 1.19. The van der Waals surface area contributed by atoms with Gasteiger partial charge in [-0.1, -0.05) is 20.8 Å². The molecule has 0 saturated carbocycles. The van der Waals surface area contributed by atoms with E-state index in [2.05, 4.69) is 25.8 Å². The Morgan fingerprint density at radius 2 is 1.93 bits per heavy atom. The summed E-state index contributed by atoms with van der Waals surface area (Å²) in [5.74, 6) is 0. The van der Waals surface area contributed by atoms with Gasteiger partial charge in [0.1, 0.15) is 0 Å². The summed E-state index contributed by atoms with van der Waals surface area (Å²) in [5.41, 5.74) is 0.955. The van der Waals surface area contributed by atoms with E-state index < -0.39 is 0 Å². The Kier molecular flexibility index (Phi) is 2.79. The van der Waals surface area contributed by atoms with Crippen molar-refractivity contribution in [2.75, 3.05) is 0 Å². The van der Waals surface area contributed by atoms with Gasteiger partial charge in [0.05, 0.1) is 0 Å². The minimum absolute atomic E-state index is 0.0390. The summed E-state index contributed by atoms with van der Waals surface area (Å²) in [4.78, 5) is 15.3. The van der Waals surface area contributed by atoms with E-state index in [-0.39, 0.29) is 17.1 Å². The normalized spacial score (nSPS) is 12.1. The molecule has 1 aromatic rings. The molecule has 1 rings (SSSR count). The van der Waals surface area contributed by atoms with E-state index in [9.17, 15) is 4.79 Å². The summed E-state index contributed by atoms with van der Waals surface area (Å²) in [6.07, 6.45) is 3.57. The van der Waals surface area contributed by atoms with Crippen LogP contribution in [0.5, 0.6) is 0 Å². The molecular weight excluding hydrogens is 176 g/mol. The quantitative estimate of drug-likeness (QED) is 0.686. The molecule has 0 radical (unpaired) electrons. The maximum atomic E-state index is 11.4. The van der Waals surface area contributed by atoms with Gasteiger partial charge in [-0.3, -0.25) is 4.57 Å². The first-order chi connectivity index (χ1) is 6.32. The summed E-state index contributed by atoms with van der Waals surface area (Å²) in [6, 6.07) is 0.164. The van der Waals surface area contributed by atoms with Crippen molar-refractivity contribution < 1.29 is 0 Å². The SMILES string of the molecule is CC(C)n1cc(C(C)(C)C)cnc1=O. The molecule has 0 aliphatic rings. The van der Waals surface area contributed by atoms with Crippen molar-refractivity contribution in [3.8, 4) is 0 Å². The smallest absolute Gasteiger partial charge is 0.296 e. The van der Waals surface area contributed by atoms with Crippen LogP contribution in [-0.4, -0.2) is 9.55 Å². The molecule has 0 aliphatic carbocycles. The van der Waals surface area contributed by atoms with Crippen LogP contribution in [0.4, 0.5) is 0 Å². The first kappa shape index (κ1) is 11.0. The van der Waals surface area contributed by atoms with Gasteiger partial charge in [-0.2, -0.15) is 0 Å². The zero-order valence-electron chi connectivity index (χ0n) is 9.53. The molecule has 1 aromatic heterocycles. The van der Waals surface area contributed by atoms with E-state index in [1.165, 1.54) is 0 Å². The van der Waals surface area contributed by atoms with Gasteiger partial charge in [0.25, 0.3) is 0 Å². The third kappa shape index (κ3) is 2.22. The topological polar surface area (TPSA) is 34.9 Å². The molecule has 3 heteroatoms. The van der Waals surface area contributed by atoms with Crippen molar-refractivity contribution in [2.45, 2.75) is 46.1 Å². The number of rotatable bonds is 1. The molecule has 0 aliphatic heterocycles. The first-order valence-corrected chi connectivity index (χ1v) is 4.91. The molecule has 0 aromatic carbocycles. The third-order valence-electron chi connectivity index (χ3n) is 2.24. The summed E-state index contributed by atoms with van der Waals surface area (Å²) < 4.78 is 1.67. The highest BCUT2D eigenvalue weighted by molar-refractivity contribution is 5.15. The monoisotopic (exact) mass is 194 g/mol. The van der Waals surface area contributed by atoms with Crippen molar-refractivity contribution in [3.05, 3.63) is 28.4 Å². The van der Waals surface area contributed by atoms with Crippen LogP contribution in [0.3, 0.4) is 0 Å². The summed E-state index contributed by atoms with van der Waals surface area (Å²) in [5, 5.41) is 0. The molecule has 0 unspecified atom stereocenters. The first-order valence-electron chi connectivity index (χ1n) is 4.91. The van der Waals surface area contributed by atoms with Crippen LogP contribution in [0.1, 0.15) is 46.2 Å². The van der Waals surface area contributed by atoms with Crippen LogP contribution in [0, 0.1) is 0 Å². The molecule has 0 amide bonds.